The molecule has 0 spiro atoms. The summed E-state index contributed by atoms with van der Waals surface area (Å²) in [5.41, 5.74) is 0. The summed E-state index contributed by atoms with van der Waals surface area (Å²) in [6.45, 7) is 0. The number of thioether (sulfide) groups is 1. The molecule has 0 aliphatic carbocycles. The fourth-order valence-electron chi connectivity index (χ4n) is 2.00. The van der Waals surface area contributed by atoms with Gasteiger partial charge in [-0.3, -0.25) is 0 Å². The van der Waals surface area contributed by atoms with Crippen molar-refractivity contribution in [1.29, 1.82) is 0 Å². The van der Waals surface area contributed by atoms with Gasteiger partial charge in [-0.15, -0.1) is 11.8 Å². The molecule has 1 N–H and O–H groups in total. The summed E-state index contributed by atoms with van der Waals surface area (Å²) in [7, 11) is 3.95. The van der Waals surface area contributed by atoms with E-state index in [1.807, 2.05) is 43.2 Å². The van der Waals surface area contributed by atoms with Crippen molar-refractivity contribution in [2.75, 3.05) is 12.8 Å². The third-order valence-electron chi connectivity index (χ3n) is 3.32. The minimum atomic E-state index is -0.142. The number of hydrogen-bond acceptors (Lipinski definition) is 3. The molecular formula is C15H20FN3S. The molecule has 0 saturated heterocycles. The van der Waals surface area contributed by atoms with Gasteiger partial charge in [0, 0.05) is 42.6 Å². The van der Waals surface area contributed by atoms with E-state index in [4.69, 9.17) is 0 Å². The van der Waals surface area contributed by atoms with Crippen LogP contribution in [0.3, 0.4) is 0 Å². The Kier molecular flexibility index (Phi) is 5.61. The van der Waals surface area contributed by atoms with Crippen molar-refractivity contribution < 1.29 is 4.39 Å². The van der Waals surface area contributed by atoms with E-state index in [0.29, 0.717) is 10.9 Å². The van der Waals surface area contributed by atoms with Crippen molar-refractivity contribution in [3.05, 3.63) is 48.3 Å². The second-order valence-electron chi connectivity index (χ2n) is 4.72. The molecule has 108 valence electrons. The molecule has 0 fully saturated rings. The Morgan fingerprint density at radius 1 is 1.40 bits per heavy atom. The monoisotopic (exact) mass is 293 g/mol. The highest BCUT2D eigenvalue weighted by Crippen LogP contribution is 2.22. The molecule has 1 aromatic heterocycles. The zero-order valence-corrected chi connectivity index (χ0v) is 12.7. The van der Waals surface area contributed by atoms with Crippen LogP contribution in [-0.4, -0.2) is 28.4 Å². The fraction of sp³-hybridized carbons (Fsp3) is 0.400. The lowest BCUT2D eigenvalue weighted by Crippen LogP contribution is -2.28. The van der Waals surface area contributed by atoms with Gasteiger partial charge in [-0.1, -0.05) is 12.1 Å². The summed E-state index contributed by atoms with van der Waals surface area (Å²) in [6.07, 6.45) is 5.69. The van der Waals surface area contributed by atoms with Crippen LogP contribution in [0.15, 0.2) is 41.6 Å². The van der Waals surface area contributed by atoms with Gasteiger partial charge in [0.25, 0.3) is 0 Å². The first kappa shape index (κ1) is 15.1. The molecule has 0 aliphatic rings. The Morgan fingerprint density at radius 3 is 2.85 bits per heavy atom. The third kappa shape index (κ3) is 4.08. The van der Waals surface area contributed by atoms with Crippen LogP contribution in [-0.2, 0) is 13.5 Å². The lowest BCUT2D eigenvalue weighted by Gasteiger charge is -2.15. The van der Waals surface area contributed by atoms with Crippen molar-refractivity contribution in [3.63, 3.8) is 0 Å². The predicted octanol–water partition coefficient (Wildman–Crippen LogP) is 2.87. The van der Waals surface area contributed by atoms with E-state index in [1.54, 1.807) is 17.8 Å². The van der Waals surface area contributed by atoms with Crippen LogP contribution < -0.4 is 5.32 Å². The average Bonchev–Trinajstić information content (AvgIpc) is 2.86. The molecule has 0 bridgehead atoms. The van der Waals surface area contributed by atoms with Gasteiger partial charge in [-0.25, -0.2) is 9.37 Å². The number of benzene rings is 1. The predicted molar refractivity (Wildman–Crippen MR) is 81.5 cm³/mol. The van der Waals surface area contributed by atoms with Crippen molar-refractivity contribution in [1.82, 2.24) is 14.9 Å². The van der Waals surface area contributed by atoms with E-state index in [-0.39, 0.29) is 5.82 Å². The highest BCUT2D eigenvalue weighted by atomic mass is 32.2. The molecule has 0 aliphatic heterocycles. The normalized spacial score (nSPS) is 12.6. The number of halogens is 1. The first-order valence-electron chi connectivity index (χ1n) is 6.71. The van der Waals surface area contributed by atoms with E-state index in [0.717, 1.165) is 24.4 Å². The zero-order chi connectivity index (χ0) is 14.4. The van der Waals surface area contributed by atoms with E-state index in [2.05, 4.69) is 10.3 Å². The molecule has 2 rings (SSSR count). The van der Waals surface area contributed by atoms with Crippen molar-refractivity contribution >= 4 is 11.8 Å². The quantitative estimate of drug-likeness (QED) is 0.796. The molecule has 0 saturated carbocycles. The largest absolute Gasteiger partial charge is 0.338 e. The van der Waals surface area contributed by atoms with Crippen LogP contribution in [0.4, 0.5) is 4.39 Å². The van der Waals surface area contributed by atoms with Crippen LogP contribution in [0.5, 0.6) is 0 Å². The van der Waals surface area contributed by atoms with E-state index >= 15 is 0 Å². The van der Waals surface area contributed by atoms with E-state index < -0.39 is 0 Å². The first-order chi connectivity index (χ1) is 9.70. The second-order valence-corrected chi connectivity index (χ2v) is 5.78. The van der Waals surface area contributed by atoms with Crippen molar-refractivity contribution in [3.8, 4) is 0 Å². The van der Waals surface area contributed by atoms with E-state index in [9.17, 15) is 4.39 Å². The molecule has 1 atom stereocenters. The first-order valence-corrected chi connectivity index (χ1v) is 7.70. The van der Waals surface area contributed by atoms with Crippen molar-refractivity contribution in [2.45, 2.75) is 23.8 Å². The number of rotatable bonds is 7. The SMILES string of the molecule is CNC(CCc1nccn1C)CSc1ccccc1F. The number of aromatic nitrogens is 2. The molecule has 2 aromatic rings. The van der Waals surface area contributed by atoms with Gasteiger partial charge in [0.05, 0.1) is 0 Å². The Hall–Kier alpha value is -1.33. The average molecular weight is 293 g/mol. The highest BCUT2D eigenvalue weighted by Gasteiger charge is 2.10. The summed E-state index contributed by atoms with van der Waals surface area (Å²) in [4.78, 5) is 5.04. The molecule has 1 aromatic carbocycles. The van der Waals surface area contributed by atoms with Crippen molar-refractivity contribution in [2.24, 2.45) is 7.05 Å². The molecule has 1 unspecified atom stereocenters. The number of imidazole rings is 1. The number of aryl methyl sites for hydroxylation is 2. The van der Waals surface area contributed by atoms with Crippen LogP contribution in [0.2, 0.25) is 0 Å². The van der Waals surface area contributed by atoms with Gasteiger partial charge in [0.1, 0.15) is 11.6 Å². The minimum Gasteiger partial charge on any atom is -0.338 e. The molecule has 3 nitrogen and oxygen atoms in total. The Balaban J connectivity index is 1.84. The maximum atomic E-state index is 13.6. The molecule has 0 amide bonds. The maximum Gasteiger partial charge on any atom is 0.136 e. The summed E-state index contributed by atoms with van der Waals surface area (Å²) in [5, 5.41) is 3.29. The lowest BCUT2D eigenvalue weighted by molar-refractivity contribution is 0.556. The van der Waals surface area contributed by atoms with Gasteiger partial charge < -0.3 is 9.88 Å². The summed E-state index contributed by atoms with van der Waals surface area (Å²) in [5.74, 6) is 1.79. The van der Waals surface area contributed by atoms with Crippen LogP contribution in [0, 0.1) is 5.82 Å². The van der Waals surface area contributed by atoms with Gasteiger partial charge in [-0.2, -0.15) is 0 Å². The maximum absolute atomic E-state index is 13.6. The second kappa shape index (κ2) is 7.45. The smallest absolute Gasteiger partial charge is 0.136 e. The van der Waals surface area contributed by atoms with Gasteiger partial charge in [-0.05, 0) is 25.6 Å². The fourth-order valence-corrected chi connectivity index (χ4v) is 3.10. The molecule has 20 heavy (non-hydrogen) atoms. The van der Waals surface area contributed by atoms with Gasteiger partial charge >= 0.3 is 0 Å². The number of hydrogen-bond donors (Lipinski definition) is 1. The molecule has 1 heterocycles. The Morgan fingerprint density at radius 2 is 2.20 bits per heavy atom. The topological polar surface area (TPSA) is 29.9 Å². The molecular weight excluding hydrogens is 273 g/mol. The lowest BCUT2D eigenvalue weighted by atomic mass is 10.2. The van der Waals surface area contributed by atoms with Gasteiger partial charge in [0.2, 0.25) is 0 Å². The van der Waals surface area contributed by atoms with Gasteiger partial charge in [0.15, 0.2) is 0 Å². The summed E-state index contributed by atoms with van der Waals surface area (Å²) < 4.78 is 15.6. The summed E-state index contributed by atoms with van der Waals surface area (Å²) in [6, 6.07) is 7.26. The van der Waals surface area contributed by atoms with Crippen LogP contribution in [0.25, 0.3) is 0 Å². The zero-order valence-electron chi connectivity index (χ0n) is 11.8. The highest BCUT2D eigenvalue weighted by molar-refractivity contribution is 7.99. The molecule has 0 radical (unpaired) electrons. The third-order valence-corrected chi connectivity index (χ3v) is 4.53. The Bertz CT molecular complexity index is 541. The van der Waals surface area contributed by atoms with Crippen LogP contribution in [0.1, 0.15) is 12.2 Å². The van der Waals surface area contributed by atoms with E-state index in [1.165, 1.54) is 6.07 Å². The Labute approximate surface area is 123 Å². The minimum absolute atomic E-state index is 0.142. The molecule has 5 heteroatoms. The number of nitrogens with zero attached hydrogens (tertiary/aromatic N) is 2. The standard InChI is InChI=1S/C15H20FN3S/c1-17-12(7-8-15-18-9-10-19(15)2)11-20-14-6-4-3-5-13(14)16/h3-6,9-10,12,17H,7-8,11H2,1-2H3. The van der Waals surface area contributed by atoms with Crippen LogP contribution >= 0.6 is 11.8 Å². The number of nitrogens with one attached hydrogen (secondary N) is 1. The summed E-state index contributed by atoms with van der Waals surface area (Å²) >= 11 is 1.56.